The van der Waals surface area contributed by atoms with Gasteiger partial charge in [0.2, 0.25) is 11.5 Å². The van der Waals surface area contributed by atoms with Gasteiger partial charge in [0.15, 0.2) is 5.82 Å². The minimum Gasteiger partial charge on any atom is -0.497 e. The summed E-state index contributed by atoms with van der Waals surface area (Å²) >= 11 is 0. The molecule has 1 amide bonds. The first kappa shape index (κ1) is 18.8. The Morgan fingerprint density at radius 3 is 2.76 bits per heavy atom. The molecule has 29 heavy (non-hydrogen) atoms. The molecular weight excluding hydrogens is 370 g/mol. The number of ether oxygens (including phenoxy) is 1. The molecule has 1 atom stereocenters. The molecule has 1 N–H and O–H groups in total. The van der Waals surface area contributed by atoms with Gasteiger partial charge in [-0.2, -0.15) is 5.10 Å². The van der Waals surface area contributed by atoms with Gasteiger partial charge >= 0.3 is 0 Å². The van der Waals surface area contributed by atoms with Crippen molar-refractivity contribution in [2.24, 2.45) is 5.10 Å². The SMILES string of the molecule is CCC(=O)N1N=C(c2ncc3c(C)cc(=O)[nH]c3n2)CC1c1ccc(OC)cc1. The maximum Gasteiger partial charge on any atom is 0.249 e. The standard InChI is InChI=1S/C21H21N5O3/c1-4-19(28)26-17(13-5-7-14(29-3)8-6-13)10-16(25-26)21-22-11-15-12(2)9-18(27)23-20(15)24-21/h5-9,11,17H,4,10H2,1-3H3,(H,22,23,24,27). The van der Waals surface area contributed by atoms with Gasteiger partial charge in [0.25, 0.3) is 0 Å². The van der Waals surface area contributed by atoms with E-state index in [4.69, 9.17) is 4.74 Å². The van der Waals surface area contributed by atoms with Crippen molar-refractivity contribution in [2.45, 2.75) is 32.7 Å². The van der Waals surface area contributed by atoms with E-state index in [1.165, 1.54) is 11.1 Å². The summed E-state index contributed by atoms with van der Waals surface area (Å²) in [5.74, 6) is 1.08. The Morgan fingerprint density at radius 2 is 2.07 bits per heavy atom. The molecule has 4 rings (SSSR count). The number of nitrogens with one attached hydrogen (secondary N) is 1. The fourth-order valence-corrected chi connectivity index (χ4v) is 3.45. The molecular formula is C21H21N5O3. The highest BCUT2D eigenvalue weighted by Gasteiger charge is 2.33. The smallest absolute Gasteiger partial charge is 0.249 e. The minimum atomic E-state index is -0.237. The van der Waals surface area contributed by atoms with Crippen LogP contribution in [0.5, 0.6) is 5.75 Å². The van der Waals surface area contributed by atoms with E-state index < -0.39 is 0 Å². The average Bonchev–Trinajstić information content (AvgIpc) is 3.18. The number of hydrogen-bond donors (Lipinski definition) is 1. The molecule has 1 aromatic carbocycles. The van der Waals surface area contributed by atoms with E-state index in [2.05, 4.69) is 20.1 Å². The van der Waals surface area contributed by atoms with Crippen LogP contribution in [-0.2, 0) is 4.79 Å². The molecule has 0 bridgehead atoms. The lowest BCUT2D eigenvalue weighted by atomic mass is 10.0. The summed E-state index contributed by atoms with van der Waals surface area (Å²) in [5, 5.41) is 6.81. The second-order valence-corrected chi connectivity index (χ2v) is 6.90. The number of methoxy groups -OCH3 is 1. The molecule has 0 radical (unpaired) electrons. The van der Waals surface area contributed by atoms with Crippen molar-refractivity contribution in [2.75, 3.05) is 7.11 Å². The first-order chi connectivity index (χ1) is 14.0. The number of aromatic amines is 1. The third-order valence-corrected chi connectivity index (χ3v) is 5.03. The normalized spacial score (nSPS) is 16.2. The van der Waals surface area contributed by atoms with Gasteiger partial charge in [0.05, 0.1) is 13.2 Å². The van der Waals surface area contributed by atoms with Crippen LogP contribution in [0.15, 0.2) is 46.4 Å². The number of rotatable bonds is 4. The van der Waals surface area contributed by atoms with Gasteiger partial charge in [-0.15, -0.1) is 0 Å². The molecule has 0 saturated carbocycles. The molecule has 3 heterocycles. The Labute approximate surface area is 167 Å². The summed E-state index contributed by atoms with van der Waals surface area (Å²) in [7, 11) is 1.61. The van der Waals surface area contributed by atoms with Gasteiger partial charge in [0, 0.05) is 30.5 Å². The molecule has 148 valence electrons. The van der Waals surface area contributed by atoms with E-state index >= 15 is 0 Å². The van der Waals surface area contributed by atoms with Crippen LogP contribution < -0.4 is 10.3 Å². The summed E-state index contributed by atoms with van der Waals surface area (Å²) in [4.78, 5) is 36.0. The molecule has 1 unspecified atom stereocenters. The van der Waals surface area contributed by atoms with Crippen LogP contribution in [0.25, 0.3) is 11.0 Å². The van der Waals surface area contributed by atoms with E-state index in [9.17, 15) is 9.59 Å². The van der Waals surface area contributed by atoms with Crippen LogP contribution in [0.2, 0.25) is 0 Å². The van der Waals surface area contributed by atoms with Crippen molar-refractivity contribution in [1.29, 1.82) is 0 Å². The number of carbonyl (C=O) groups excluding carboxylic acids is 1. The van der Waals surface area contributed by atoms with Crippen LogP contribution in [-0.4, -0.2) is 38.7 Å². The Hall–Kier alpha value is -3.55. The van der Waals surface area contributed by atoms with E-state index in [0.717, 1.165) is 22.3 Å². The third-order valence-electron chi connectivity index (χ3n) is 5.03. The maximum atomic E-state index is 12.5. The summed E-state index contributed by atoms with van der Waals surface area (Å²) in [6, 6.07) is 8.86. The lowest BCUT2D eigenvalue weighted by Crippen LogP contribution is -2.26. The Kier molecular flexibility index (Phi) is 4.84. The van der Waals surface area contributed by atoms with E-state index in [1.807, 2.05) is 31.2 Å². The first-order valence-electron chi connectivity index (χ1n) is 9.40. The van der Waals surface area contributed by atoms with Gasteiger partial charge in [-0.3, -0.25) is 9.59 Å². The van der Waals surface area contributed by atoms with Gasteiger partial charge in [-0.25, -0.2) is 15.0 Å². The number of aromatic nitrogens is 3. The zero-order valence-corrected chi connectivity index (χ0v) is 16.5. The summed E-state index contributed by atoms with van der Waals surface area (Å²) in [6.45, 7) is 3.65. The van der Waals surface area contributed by atoms with Crippen LogP contribution in [0.4, 0.5) is 0 Å². The van der Waals surface area contributed by atoms with E-state index in [-0.39, 0.29) is 17.5 Å². The lowest BCUT2D eigenvalue weighted by Gasteiger charge is -2.21. The molecule has 0 aliphatic carbocycles. The lowest BCUT2D eigenvalue weighted by molar-refractivity contribution is -0.132. The molecule has 0 saturated heterocycles. The van der Waals surface area contributed by atoms with E-state index in [0.29, 0.717) is 30.0 Å². The maximum absolute atomic E-state index is 12.5. The average molecular weight is 391 g/mol. The monoisotopic (exact) mass is 391 g/mol. The second kappa shape index (κ2) is 7.46. The zero-order chi connectivity index (χ0) is 20.5. The molecule has 1 aliphatic heterocycles. The number of amides is 1. The highest BCUT2D eigenvalue weighted by molar-refractivity contribution is 6.01. The number of pyridine rings is 1. The van der Waals surface area contributed by atoms with Gasteiger partial charge in [0.1, 0.15) is 17.1 Å². The molecule has 1 aliphatic rings. The van der Waals surface area contributed by atoms with Gasteiger partial charge < -0.3 is 9.72 Å². The number of nitrogens with zero attached hydrogens (tertiary/aromatic N) is 4. The van der Waals surface area contributed by atoms with Crippen molar-refractivity contribution < 1.29 is 9.53 Å². The predicted molar refractivity (Wildman–Crippen MR) is 109 cm³/mol. The number of benzene rings is 1. The highest BCUT2D eigenvalue weighted by atomic mass is 16.5. The second-order valence-electron chi connectivity index (χ2n) is 6.90. The Bertz CT molecular complexity index is 1170. The predicted octanol–water partition coefficient (Wildman–Crippen LogP) is 2.72. The Morgan fingerprint density at radius 1 is 1.31 bits per heavy atom. The highest BCUT2D eigenvalue weighted by Crippen LogP contribution is 2.33. The van der Waals surface area contributed by atoms with Crippen molar-refractivity contribution in [3.63, 3.8) is 0 Å². The zero-order valence-electron chi connectivity index (χ0n) is 16.5. The number of aryl methyl sites for hydroxylation is 1. The van der Waals surface area contributed by atoms with Crippen LogP contribution in [0.3, 0.4) is 0 Å². The summed E-state index contributed by atoms with van der Waals surface area (Å²) in [6.07, 6.45) is 2.51. The quantitative estimate of drug-likeness (QED) is 0.737. The van der Waals surface area contributed by atoms with Gasteiger partial charge in [-0.05, 0) is 30.2 Å². The molecule has 3 aromatic rings. The molecule has 0 fully saturated rings. The topological polar surface area (TPSA) is 101 Å². The number of hydrazone groups is 1. The largest absolute Gasteiger partial charge is 0.497 e. The Balaban J connectivity index is 1.73. The van der Waals surface area contributed by atoms with Crippen LogP contribution in [0.1, 0.15) is 42.8 Å². The summed E-state index contributed by atoms with van der Waals surface area (Å²) < 4.78 is 5.22. The molecule has 2 aromatic heterocycles. The van der Waals surface area contributed by atoms with E-state index in [1.54, 1.807) is 20.2 Å². The van der Waals surface area contributed by atoms with Crippen molar-refractivity contribution in [1.82, 2.24) is 20.0 Å². The number of fused-ring (bicyclic) bond motifs is 1. The number of carbonyl (C=O) groups is 1. The molecule has 0 spiro atoms. The fourth-order valence-electron chi connectivity index (χ4n) is 3.45. The number of hydrogen-bond acceptors (Lipinski definition) is 6. The molecule has 8 nitrogen and oxygen atoms in total. The number of H-pyrrole nitrogens is 1. The minimum absolute atomic E-state index is 0.0779. The fraction of sp³-hybridized carbons (Fsp3) is 0.286. The van der Waals surface area contributed by atoms with Gasteiger partial charge in [-0.1, -0.05) is 19.1 Å². The first-order valence-corrected chi connectivity index (χ1v) is 9.40. The van der Waals surface area contributed by atoms with Crippen molar-refractivity contribution in [3.8, 4) is 5.75 Å². The summed E-state index contributed by atoms with van der Waals surface area (Å²) in [5.41, 5.74) is 2.62. The molecule has 8 heteroatoms. The van der Waals surface area contributed by atoms with Crippen LogP contribution in [0, 0.1) is 6.92 Å². The van der Waals surface area contributed by atoms with Crippen molar-refractivity contribution >= 4 is 22.7 Å². The third kappa shape index (κ3) is 3.49. The van der Waals surface area contributed by atoms with Crippen LogP contribution >= 0.6 is 0 Å². The van der Waals surface area contributed by atoms with Crippen molar-refractivity contribution in [3.05, 3.63) is 63.8 Å².